The lowest BCUT2D eigenvalue weighted by Crippen LogP contribution is -2.07. The number of halogens is 1. The fourth-order valence-corrected chi connectivity index (χ4v) is 3.61. The molecule has 0 radical (unpaired) electrons. The number of aryl methyl sites for hydroxylation is 1. The molecule has 136 valence electrons. The van der Waals surface area contributed by atoms with Crippen molar-refractivity contribution in [3.63, 3.8) is 0 Å². The zero-order valence-electron chi connectivity index (χ0n) is 15.2. The smallest absolute Gasteiger partial charge is 0.191 e. The number of nitrogens with zero attached hydrogens (tertiary/aromatic N) is 3. The highest BCUT2D eigenvalue weighted by Crippen LogP contribution is 2.24. The number of hydrogen-bond acceptors (Lipinski definition) is 4. The van der Waals surface area contributed by atoms with Gasteiger partial charge in [-0.3, -0.25) is 0 Å². The molecule has 26 heavy (non-hydrogen) atoms. The molecule has 3 aromatic rings. The Kier molecular flexibility index (Phi) is 5.93. The molecule has 0 saturated heterocycles. The normalized spacial score (nSPS) is 10.9. The van der Waals surface area contributed by atoms with E-state index in [1.54, 1.807) is 23.9 Å². The van der Waals surface area contributed by atoms with Crippen LogP contribution in [0.1, 0.15) is 29.4 Å². The van der Waals surface area contributed by atoms with Crippen molar-refractivity contribution in [1.82, 2.24) is 14.8 Å². The van der Waals surface area contributed by atoms with Crippen LogP contribution in [0.15, 0.2) is 47.6 Å². The molecule has 0 aliphatic heterocycles. The number of ether oxygens (including phenoxy) is 1. The van der Waals surface area contributed by atoms with Crippen LogP contribution in [0.2, 0.25) is 0 Å². The second-order valence-electron chi connectivity index (χ2n) is 6.05. The first-order valence-electron chi connectivity index (χ1n) is 8.56. The van der Waals surface area contributed by atoms with Gasteiger partial charge in [-0.25, -0.2) is 4.39 Å². The summed E-state index contributed by atoms with van der Waals surface area (Å²) in [6, 6.07) is 12.6. The Labute approximate surface area is 157 Å². The lowest BCUT2D eigenvalue weighted by atomic mass is 10.1. The number of hydrogen-bond donors (Lipinski definition) is 0. The average molecular weight is 371 g/mol. The quantitative estimate of drug-likeness (QED) is 0.553. The highest BCUT2D eigenvalue weighted by molar-refractivity contribution is 7.98. The summed E-state index contributed by atoms with van der Waals surface area (Å²) in [7, 11) is 0. The van der Waals surface area contributed by atoms with Gasteiger partial charge in [-0.1, -0.05) is 36.0 Å². The molecule has 0 fully saturated rings. The molecule has 6 heteroatoms. The zero-order chi connectivity index (χ0) is 18.5. The number of thioether (sulfide) groups is 1. The van der Waals surface area contributed by atoms with Crippen LogP contribution in [0, 0.1) is 19.7 Å². The maximum atomic E-state index is 13.3. The van der Waals surface area contributed by atoms with E-state index in [0.29, 0.717) is 12.4 Å². The van der Waals surface area contributed by atoms with Gasteiger partial charge in [-0.2, -0.15) is 0 Å². The Bertz CT molecular complexity index is 895. The average Bonchev–Trinajstić information content (AvgIpc) is 3.03. The number of rotatable bonds is 7. The van der Waals surface area contributed by atoms with E-state index in [0.717, 1.165) is 34.4 Å². The van der Waals surface area contributed by atoms with E-state index in [1.165, 1.54) is 11.6 Å². The van der Waals surface area contributed by atoms with Crippen LogP contribution in [0.5, 0.6) is 5.75 Å². The maximum absolute atomic E-state index is 13.3. The molecule has 2 aromatic carbocycles. The van der Waals surface area contributed by atoms with E-state index in [9.17, 15) is 4.39 Å². The van der Waals surface area contributed by atoms with E-state index in [4.69, 9.17) is 4.74 Å². The Balaban J connectivity index is 1.68. The fourth-order valence-electron chi connectivity index (χ4n) is 2.65. The topological polar surface area (TPSA) is 39.9 Å². The predicted octanol–water partition coefficient (Wildman–Crippen LogP) is 4.93. The van der Waals surface area contributed by atoms with E-state index >= 15 is 0 Å². The summed E-state index contributed by atoms with van der Waals surface area (Å²) in [6.07, 6.45) is 0. The van der Waals surface area contributed by atoms with Crippen molar-refractivity contribution >= 4 is 11.8 Å². The van der Waals surface area contributed by atoms with Crippen molar-refractivity contribution < 1.29 is 9.13 Å². The molecule has 1 heterocycles. The Hall–Kier alpha value is -2.34. The van der Waals surface area contributed by atoms with Crippen LogP contribution in [-0.2, 0) is 18.9 Å². The van der Waals surface area contributed by atoms with E-state index in [2.05, 4.69) is 37.0 Å². The summed E-state index contributed by atoms with van der Waals surface area (Å²) in [5.41, 5.74) is 3.26. The van der Waals surface area contributed by atoms with Gasteiger partial charge >= 0.3 is 0 Å². The Morgan fingerprint density at radius 1 is 1.12 bits per heavy atom. The van der Waals surface area contributed by atoms with Gasteiger partial charge in [-0.15, -0.1) is 10.2 Å². The SMILES string of the molecule is CCn1c(COc2cccc(C)c2C)nnc1SCc1cccc(F)c1. The third-order valence-electron chi connectivity index (χ3n) is 4.28. The third-order valence-corrected chi connectivity index (χ3v) is 5.32. The second-order valence-corrected chi connectivity index (χ2v) is 6.99. The molecule has 0 aliphatic rings. The summed E-state index contributed by atoms with van der Waals surface area (Å²) >= 11 is 1.55. The van der Waals surface area contributed by atoms with Crippen molar-refractivity contribution in [3.8, 4) is 5.75 Å². The summed E-state index contributed by atoms with van der Waals surface area (Å²) in [4.78, 5) is 0. The van der Waals surface area contributed by atoms with Gasteiger partial charge in [0.25, 0.3) is 0 Å². The minimum atomic E-state index is -0.220. The van der Waals surface area contributed by atoms with Crippen LogP contribution in [0.4, 0.5) is 4.39 Å². The van der Waals surface area contributed by atoms with E-state index < -0.39 is 0 Å². The molecule has 0 spiro atoms. The molecule has 0 saturated carbocycles. The van der Waals surface area contributed by atoms with Crippen LogP contribution in [0.25, 0.3) is 0 Å². The minimum absolute atomic E-state index is 0.220. The van der Waals surface area contributed by atoms with Crippen molar-refractivity contribution in [2.45, 2.75) is 44.8 Å². The highest BCUT2D eigenvalue weighted by Gasteiger charge is 2.13. The fraction of sp³-hybridized carbons (Fsp3) is 0.300. The lowest BCUT2D eigenvalue weighted by Gasteiger charge is -2.11. The van der Waals surface area contributed by atoms with Gasteiger partial charge in [0.1, 0.15) is 18.2 Å². The lowest BCUT2D eigenvalue weighted by molar-refractivity contribution is 0.286. The van der Waals surface area contributed by atoms with Crippen LogP contribution >= 0.6 is 11.8 Å². The van der Waals surface area contributed by atoms with E-state index in [-0.39, 0.29) is 5.82 Å². The van der Waals surface area contributed by atoms with Crippen molar-refractivity contribution in [3.05, 3.63) is 70.8 Å². The van der Waals surface area contributed by atoms with Gasteiger partial charge in [0, 0.05) is 12.3 Å². The van der Waals surface area contributed by atoms with Crippen LogP contribution in [0.3, 0.4) is 0 Å². The molecule has 4 nitrogen and oxygen atoms in total. The summed E-state index contributed by atoms with van der Waals surface area (Å²) in [5.74, 6) is 2.08. The predicted molar refractivity (Wildman–Crippen MR) is 102 cm³/mol. The van der Waals surface area contributed by atoms with Gasteiger partial charge in [-0.05, 0) is 55.7 Å². The molecule has 0 atom stereocenters. The number of aromatic nitrogens is 3. The van der Waals surface area contributed by atoms with Crippen LogP contribution < -0.4 is 4.74 Å². The molecule has 0 N–H and O–H groups in total. The first-order chi connectivity index (χ1) is 12.6. The van der Waals surface area contributed by atoms with Gasteiger partial charge in [0.05, 0.1) is 0 Å². The molecule has 1 aromatic heterocycles. The standard InChI is InChI=1S/C20H22FN3OS/c1-4-24-19(12-25-18-10-5-7-14(2)15(18)3)22-23-20(24)26-13-16-8-6-9-17(21)11-16/h5-11H,4,12-13H2,1-3H3. The highest BCUT2D eigenvalue weighted by atomic mass is 32.2. The summed E-state index contributed by atoms with van der Waals surface area (Å²) in [6.45, 7) is 7.29. The third kappa shape index (κ3) is 4.25. The monoisotopic (exact) mass is 371 g/mol. The molecular weight excluding hydrogens is 349 g/mol. The maximum Gasteiger partial charge on any atom is 0.191 e. The first kappa shape index (κ1) is 18.5. The van der Waals surface area contributed by atoms with Gasteiger partial charge < -0.3 is 9.30 Å². The molecular formula is C20H22FN3OS. The Morgan fingerprint density at radius 3 is 2.69 bits per heavy atom. The molecule has 0 aliphatic carbocycles. The molecule has 0 amide bonds. The minimum Gasteiger partial charge on any atom is -0.485 e. The van der Waals surface area contributed by atoms with E-state index in [1.807, 2.05) is 22.8 Å². The number of benzene rings is 2. The summed E-state index contributed by atoms with van der Waals surface area (Å²) < 4.78 is 21.3. The molecule has 3 rings (SSSR count). The van der Waals surface area contributed by atoms with Crippen molar-refractivity contribution in [1.29, 1.82) is 0 Å². The van der Waals surface area contributed by atoms with Crippen LogP contribution in [-0.4, -0.2) is 14.8 Å². The summed E-state index contributed by atoms with van der Waals surface area (Å²) in [5, 5.41) is 9.37. The van der Waals surface area contributed by atoms with Crippen molar-refractivity contribution in [2.75, 3.05) is 0 Å². The molecule has 0 bridgehead atoms. The second kappa shape index (κ2) is 8.36. The van der Waals surface area contributed by atoms with Gasteiger partial charge in [0.15, 0.2) is 11.0 Å². The van der Waals surface area contributed by atoms with Crippen molar-refractivity contribution in [2.24, 2.45) is 0 Å². The van der Waals surface area contributed by atoms with Gasteiger partial charge in [0.2, 0.25) is 0 Å². The largest absolute Gasteiger partial charge is 0.485 e. The molecule has 0 unspecified atom stereocenters. The Morgan fingerprint density at radius 2 is 1.92 bits per heavy atom. The zero-order valence-corrected chi connectivity index (χ0v) is 16.0. The first-order valence-corrected chi connectivity index (χ1v) is 9.55.